The molecule has 3 amide bonds. The number of carbonyl (C=O) groups excluding carboxylic acids is 3. The highest BCUT2D eigenvalue weighted by molar-refractivity contribution is 5.94. The summed E-state index contributed by atoms with van der Waals surface area (Å²) in [5.74, 6) is -3.03. The summed E-state index contributed by atoms with van der Waals surface area (Å²) >= 11 is 0. The van der Waals surface area contributed by atoms with Crippen molar-refractivity contribution in [1.29, 1.82) is 0 Å². The van der Waals surface area contributed by atoms with Gasteiger partial charge < -0.3 is 42.5 Å². The molecule has 0 fully saturated rings. The maximum atomic E-state index is 13.3. The molecule has 210 valence electrons. The number of benzene rings is 1. The van der Waals surface area contributed by atoms with E-state index < -0.39 is 47.9 Å². The Morgan fingerprint density at radius 1 is 0.974 bits per heavy atom. The van der Waals surface area contributed by atoms with Crippen LogP contribution in [0.2, 0.25) is 0 Å². The monoisotopic (exact) mass is 540 g/mol. The molecule has 2 aromatic heterocycles. The molecular weight excluding hydrogens is 504 g/mol. The molecular formula is C26H36N8O5. The third-order valence-electron chi connectivity index (χ3n) is 6.38. The Bertz CT molecular complexity index is 1260. The first-order valence-electron chi connectivity index (χ1n) is 12.8. The fourth-order valence-electron chi connectivity index (χ4n) is 4.14. The summed E-state index contributed by atoms with van der Waals surface area (Å²) in [6.07, 6.45) is 6.54. The van der Waals surface area contributed by atoms with Gasteiger partial charge in [-0.1, -0.05) is 24.6 Å². The van der Waals surface area contributed by atoms with Crippen molar-refractivity contribution in [3.05, 3.63) is 54.2 Å². The van der Waals surface area contributed by atoms with Gasteiger partial charge in [-0.15, -0.1) is 0 Å². The lowest BCUT2D eigenvalue weighted by molar-refractivity contribution is -0.142. The van der Waals surface area contributed by atoms with Crippen LogP contribution in [0.15, 0.2) is 43.0 Å². The van der Waals surface area contributed by atoms with E-state index in [9.17, 15) is 24.3 Å². The number of unbranched alkanes of at least 4 members (excludes halogenated alkanes) is 1. The van der Waals surface area contributed by atoms with Gasteiger partial charge >= 0.3 is 5.97 Å². The number of aliphatic carboxylic acids is 1. The topological polar surface area (TPSA) is 221 Å². The number of imidazole rings is 1. The van der Waals surface area contributed by atoms with Gasteiger partial charge in [-0.3, -0.25) is 14.4 Å². The normalized spacial score (nSPS) is 14.2. The summed E-state index contributed by atoms with van der Waals surface area (Å²) < 4.78 is 0. The highest BCUT2D eigenvalue weighted by Crippen LogP contribution is 2.19. The lowest BCUT2D eigenvalue weighted by Gasteiger charge is -2.23. The Hall–Kier alpha value is -4.23. The number of hydrogen-bond donors (Lipinski definition) is 8. The molecule has 13 heteroatoms. The van der Waals surface area contributed by atoms with E-state index in [1.54, 1.807) is 6.20 Å². The van der Waals surface area contributed by atoms with Crippen LogP contribution >= 0.6 is 0 Å². The van der Waals surface area contributed by atoms with Gasteiger partial charge in [0.15, 0.2) is 0 Å². The molecule has 0 saturated heterocycles. The van der Waals surface area contributed by atoms with Gasteiger partial charge in [-0.25, -0.2) is 9.78 Å². The first-order valence-corrected chi connectivity index (χ1v) is 12.8. The molecule has 0 radical (unpaired) electrons. The SMILES string of the molecule is CC(NC(=O)C(N)CCCCN)C(=O)NC(Cc1cnc[nH]1)C(=O)NC(Cc1c[nH]c2ccccc12)C(=O)O. The summed E-state index contributed by atoms with van der Waals surface area (Å²) in [4.78, 5) is 60.5. The maximum absolute atomic E-state index is 13.3. The third-order valence-corrected chi connectivity index (χ3v) is 6.38. The van der Waals surface area contributed by atoms with E-state index in [-0.39, 0.29) is 12.8 Å². The van der Waals surface area contributed by atoms with Crippen molar-refractivity contribution in [2.75, 3.05) is 6.54 Å². The van der Waals surface area contributed by atoms with Crippen LogP contribution in [0.25, 0.3) is 10.9 Å². The van der Waals surface area contributed by atoms with Crippen molar-refractivity contribution >= 4 is 34.6 Å². The van der Waals surface area contributed by atoms with Gasteiger partial charge in [-0.2, -0.15) is 0 Å². The molecule has 2 heterocycles. The average Bonchev–Trinajstić information content (AvgIpc) is 3.57. The molecule has 1 aromatic carbocycles. The van der Waals surface area contributed by atoms with Gasteiger partial charge in [-0.05, 0) is 37.9 Å². The molecule has 39 heavy (non-hydrogen) atoms. The van der Waals surface area contributed by atoms with E-state index in [4.69, 9.17) is 11.5 Å². The van der Waals surface area contributed by atoms with Crippen LogP contribution in [0.1, 0.15) is 37.4 Å². The highest BCUT2D eigenvalue weighted by Gasteiger charge is 2.30. The van der Waals surface area contributed by atoms with Crippen LogP contribution < -0.4 is 27.4 Å². The van der Waals surface area contributed by atoms with Crippen molar-refractivity contribution < 1.29 is 24.3 Å². The van der Waals surface area contributed by atoms with Gasteiger partial charge in [0.2, 0.25) is 17.7 Å². The van der Waals surface area contributed by atoms with Gasteiger partial charge in [0.05, 0.1) is 12.4 Å². The lowest BCUT2D eigenvalue weighted by Crippen LogP contribution is -2.57. The number of carbonyl (C=O) groups is 4. The molecule has 0 bridgehead atoms. The van der Waals surface area contributed by atoms with E-state index in [1.165, 1.54) is 19.4 Å². The fraction of sp³-hybridized carbons (Fsp3) is 0.423. The van der Waals surface area contributed by atoms with Crippen molar-refractivity contribution in [2.24, 2.45) is 11.5 Å². The van der Waals surface area contributed by atoms with Crippen molar-refractivity contribution in [2.45, 2.75) is 63.2 Å². The Morgan fingerprint density at radius 3 is 2.41 bits per heavy atom. The number of aromatic amines is 2. The Kier molecular flexibility index (Phi) is 10.6. The second-order valence-corrected chi connectivity index (χ2v) is 9.43. The summed E-state index contributed by atoms with van der Waals surface area (Å²) in [7, 11) is 0. The third kappa shape index (κ3) is 8.38. The molecule has 3 rings (SSSR count). The number of H-pyrrole nitrogens is 2. The zero-order chi connectivity index (χ0) is 28.4. The van der Waals surface area contributed by atoms with Crippen LogP contribution in [0.5, 0.6) is 0 Å². The van der Waals surface area contributed by atoms with E-state index >= 15 is 0 Å². The zero-order valence-electron chi connectivity index (χ0n) is 21.8. The standard InChI is InChI=1S/C26H36N8O5/c1-15(32-24(36)19(28)7-4-5-9-27)23(35)33-21(11-17-13-29-14-31-17)25(37)34-22(26(38)39)10-16-12-30-20-8-3-2-6-18(16)20/h2-3,6,8,12-15,19,21-22,30H,4-5,7,9-11,27-28H2,1H3,(H,29,31)(H,32,36)(H,33,35)(H,34,37)(H,38,39). The predicted octanol–water partition coefficient (Wildman–Crippen LogP) is -0.309. The Morgan fingerprint density at radius 2 is 1.72 bits per heavy atom. The number of nitrogens with one attached hydrogen (secondary N) is 5. The van der Waals surface area contributed by atoms with E-state index in [2.05, 4.69) is 30.9 Å². The number of rotatable bonds is 15. The van der Waals surface area contributed by atoms with Gasteiger partial charge in [0.25, 0.3) is 0 Å². The number of hydrogen-bond acceptors (Lipinski definition) is 7. The average molecular weight is 541 g/mol. The van der Waals surface area contributed by atoms with Crippen LogP contribution in [0, 0.1) is 0 Å². The van der Waals surface area contributed by atoms with Crippen molar-refractivity contribution in [1.82, 2.24) is 30.9 Å². The maximum Gasteiger partial charge on any atom is 0.326 e. The molecule has 13 nitrogen and oxygen atoms in total. The van der Waals surface area contributed by atoms with E-state index in [0.29, 0.717) is 25.1 Å². The number of para-hydroxylation sites is 1. The number of nitrogens with zero attached hydrogens (tertiary/aromatic N) is 1. The van der Waals surface area contributed by atoms with Crippen molar-refractivity contribution in [3.63, 3.8) is 0 Å². The predicted molar refractivity (Wildman–Crippen MR) is 144 cm³/mol. The van der Waals surface area contributed by atoms with Crippen LogP contribution in [-0.2, 0) is 32.0 Å². The smallest absolute Gasteiger partial charge is 0.326 e. The van der Waals surface area contributed by atoms with Gasteiger partial charge in [0, 0.05) is 41.8 Å². The number of carboxylic acid groups (broad SMARTS) is 1. The summed E-state index contributed by atoms with van der Waals surface area (Å²) in [5.41, 5.74) is 13.5. The number of nitrogens with two attached hydrogens (primary N) is 2. The first kappa shape index (κ1) is 29.3. The van der Waals surface area contributed by atoms with Gasteiger partial charge in [0.1, 0.15) is 18.1 Å². The molecule has 0 aliphatic carbocycles. The van der Waals surface area contributed by atoms with Crippen molar-refractivity contribution in [3.8, 4) is 0 Å². The second-order valence-electron chi connectivity index (χ2n) is 9.43. The largest absolute Gasteiger partial charge is 0.480 e. The minimum Gasteiger partial charge on any atom is -0.480 e. The quantitative estimate of drug-likeness (QED) is 0.119. The number of fused-ring (bicyclic) bond motifs is 1. The number of aromatic nitrogens is 3. The first-order chi connectivity index (χ1) is 18.7. The van der Waals surface area contributed by atoms with E-state index in [0.717, 1.165) is 22.9 Å². The second kappa shape index (κ2) is 14.1. The summed E-state index contributed by atoms with van der Waals surface area (Å²) in [6, 6.07) is 3.27. The fourth-order valence-corrected chi connectivity index (χ4v) is 4.14. The van der Waals surface area contributed by atoms with Crippen LogP contribution in [-0.4, -0.2) is 74.5 Å². The minimum absolute atomic E-state index is 0.0241. The zero-order valence-corrected chi connectivity index (χ0v) is 21.8. The highest BCUT2D eigenvalue weighted by atomic mass is 16.4. The molecule has 4 unspecified atom stereocenters. The number of amides is 3. The van der Waals surface area contributed by atoms with E-state index in [1.807, 2.05) is 24.3 Å². The summed E-state index contributed by atoms with van der Waals surface area (Å²) in [5, 5.41) is 18.4. The molecule has 4 atom stereocenters. The summed E-state index contributed by atoms with van der Waals surface area (Å²) in [6.45, 7) is 1.97. The van der Waals surface area contributed by atoms with Crippen LogP contribution in [0.4, 0.5) is 0 Å². The molecule has 0 aliphatic heterocycles. The number of carboxylic acids is 1. The molecule has 0 spiro atoms. The lowest BCUT2D eigenvalue weighted by atomic mass is 10.0. The molecule has 10 N–H and O–H groups in total. The molecule has 0 saturated carbocycles. The Balaban J connectivity index is 1.67. The molecule has 0 aliphatic rings. The Labute approximate surface area is 225 Å². The van der Waals surface area contributed by atoms with Crippen LogP contribution in [0.3, 0.4) is 0 Å². The molecule has 3 aromatic rings. The minimum atomic E-state index is -1.25.